The van der Waals surface area contributed by atoms with Gasteiger partial charge in [0.2, 0.25) is 5.88 Å². The Hall–Kier alpha value is -1.20. The second kappa shape index (κ2) is 7.40. The fourth-order valence-corrected chi connectivity index (χ4v) is 1.30. The van der Waals surface area contributed by atoms with Gasteiger partial charge in [0, 0.05) is 18.2 Å². The van der Waals surface area contributed by atoms with Gasteiger partial charge < -0.3 is 14.8 Å². The molecule has 0 bridgehead atoms. The van der Waals surface area contributed by atoms with Crippen molar-refractivity contribution in [2.45, 2.75) is 52.8 Å². The zero-order valence-electron chi connectivity index (χ0n) is 12.6. The molecule has 0 aliphatic rings. The lowest BCUT2D eigenvalue weighted by atomic mass is 10.1. The van der Waals surface area contributed by atoms with Crippen molar-refractivity contribution in [1.29, 1.82) is 0 Å². The summed E-state index contributed by atoms with van der Waals surface area (Å²) in [5.74, 6) is 0.534. The standard InChI is InChI=1S/C14H25N3O2/c1-11(2)18-8-9-19-13-7-6-12(16-17-13)10-15-14(3,4)5/h6-7,11,15H,8-10H2,1-5H3. The van der Waals surface area contributed by atoms with Crippen LogP contribution in [0.25, 0.3) is 0 Å². The van der Waals surface area contributed by atoms with Crippen LogP contribution in [-0.2, 0) is 11.3 Å². The van der Waals surface area contributed by atoms with Gasteiger partial charge >= 0.3 is 0 Å². The first-order chi connectivity index (χ1) is 8.87. The molecule has 0 amide bonds. The van der Waals surface area contributed by atoms with Crippen LogP contribution in [-0.4, -0.2) is 35.1 Å². The van der Waals surface area contributed by atoms with Gasteiger partial charge in [0.15, 0.2) is 0 Å². The quantitative estimate of drug-likeness (QED) is 0.767. The average molecular weight is 267 g/mol. The van der Waals surface area contributed by atoms with Crippen LogP contribution in [0.5, 0.6) is 5.88 Å². The van der Waals surface area contributed by atoms with E-state index in [2.05, 4.69) is 36.3 Å². The van der Waals surface area contributed by atoms with Gasteiger partial charge in [-0.15, -0.1) is 5.10 Å². The number of hydrogen-bond donors (Lipinski definition) is 1. The Balaban J connectivity index is 2.31. The van der Waals surface area contributed by atoms with Crippen LogP contribution in [0.1, 0.15) is 40.3 Å². The smallest absolute Gasteiger partial charge is 0.233 e. The minimum Gasteiger partial charge on any atom is -0.474 e. The molecule has 108 valence electrons. The molecule has 0 aliphatic heterocycles. The second-order valence-corrected chi connectivity index (χ2v) is 5.73. The molecule has 1 aromatic rings. The van der Waals surface area contributed by atoms with Crippen LogP contribution in [0.15, 0.2) is 12.1 Å². The number of ether oxygens (including phenoxy) is 2. The molecule has 1 heterocycles. The molecular weight excluding hydrogens is 242 g/mol. The molecule has 0 aliphatic carbocycles. The summed E-state index contributed by atoms with van der Waals surface area (Å²) in [6.45, 7) is 12.1. The molecular formula is C14H25N3O2. The van der Waals surface area contributed by atoms with E-state index in [4.69, 9.17) is 9.47 Å². The first-order valence-electron chi connectivity index (χ1n) is 6.69. The summed E-state index contributed by atoms with van der Waals surface area (Å²) in [7, 11) is 0. The third kappa shape index (κ3) is 7.74. The molecule has 0 aromatic carbocycles. The lowest BCUT2D eigenvalue weighted by Crippen LogP contribution is -2.35. The van der Waals surface area contributed by atoms with E-state index in [1.165, 1.54) is 0 Å². The van der Waals surface area contributed by atoms with E-state index in [9.17, 15) is 0 Å². The summed E-state index contributed by atoms with van der Waals surface area (Å²) >= 11 is 0. The molecule has 1 rings (SSSR count). The molecule has 0 fully saturated rings. The highest BCUT2D eigenvalue weighted by Gasteiger charge is 2.09. The summed E-state index contributed by atoms with van der Waals surface area (Å²) in [6, 6.07) is 3.76. The van der Waals surface area contributed by atoms with E-state index in [0.29, 0.717) is 25.6 Å². The Morgan fingerprint density at radius 1 is 1.16 bits per heavy atom. The highest BCUT2D eigenvalue weighted by atomic mass is 16.5. The van der Waals surface area contributed by atoms with Crippen molar-refractivity contribution in [2.75, 3.05) is 13.2 Å². The van der Waals surface area contributed by atoms with Gasteiger partial charge in [-0.25, -0.2) is 0 Å². The summed E-state index contributed by atoms with van der Waals surface area (Å²) < 4.78 is 10.8. The van der Waals surface area contributed by atoms with Crippen molar-refractivity contribution in [2.24, 2.45) is 0 Å². The molecule has 0 atom stereocenters. The molecule has 0 spiro atoms. The SMILES string of the molecule is CC(C)OCCOc1ccc(CNC(C)(C)C)nn1. The van der Waals surface area contributed by atoms with Gasteiger partial charge in [-0.3, -0.25) is 0 Å². The van der Waals surface area contributed by atoms with Gasteiger partial charge in [-0.05, 0) is 40.7 Å². The number of aromatic nitrogens is 2. The molecule has 0 saturated carbocycles. The maximum absolute atomic E-state index is 5.44. The summed E-state index contributed by atoms with van der Waals surface area (Å²) in [5.41, 5.74) is 0.978. The van der Waals surface area contributed by atoms with Gasteiger partial charge in [0.25, 0.3) is 0 Å². The first-order valence-corrected chi connectivity index (χ1v) is 6.69. The lowest BCUT2D eigenvalue weighted by molar-refractivity contribution is 0.0540. The molecule has 0 radical (unpaired) electrons. The summed E-state index contributed by atoms with van der Waals surface area (Å²) in [5, 5.41) is 11.5. The maximum Gasteiger partial charge on any atom is 0.233 e. The summed E-state index contributed by atoms with van der Waals surface area (Å²) in [4.78, 5) is 0. The fourth-order valence-electron chi connectivity index (χ4n) is 1.30. The fraction of sp³-hybridized carbons (Fsp3) is 0.714. The molecule has 5 nitrogen and oxygen atoms in total. The van der Waals surface area contributed by atoms with E-state index in [1.54, 1.807) is 0 Å². The third-order valence-corrected chi connectivity index (χ3v) is 2.28. The minimum absolute atomic E-state index is 0.0744. The lowest BCUT2D eigenvalue weighted by Gasteiger charge is -2.19. The molecule has 1 N–H and O–H groups in total. The monoisotopic (exact) mass is 267 g/mol. The van der Waals surface area contributed by atoms with Gasteiger partial charge in [-0.2, -0.15) is 5.10 Å². The Labute approximate surface area is 115 Å². The average Bonchev–Trinajstić information content (AvgIpc) is 2.32. The predicted molar refractivity (Wildman–Crippen MR) is 75.2 cm³/mol. The maximum atomic E-state index is 5.44. The zero-order chi connectivity index (χ0) is 14.3. The van der Waals surface area contributed by atoms with Crippen molar-refractivity contribution in [3.05, 3.63) is 17.8 Å². The topological polar surface area (TPSA) is 56.3 Å². The third-order valence-electron chi connectivity index (χ3n) is 2.28. The largest absolute Gasteiger partial charge is 0.474 e. The molecule has 1 aromatic heterocycles. The first kappa shape index (κ1) is 15.9. The van der Waals surface area contributed by atoms with E-state index < -0.39 is 0 Å². The Morgan fingerprint density at radius 2 is 1.89 bits per heavy atom. The second-order valence-electron chi connectivity index (χ2n) is 5.73. The normalized spacial score (nSPS) is 11.9. The number of nitrogens with one attached hydrogen (secondary N) is 1. The van der Waals surface area contributed by atoms with Crippen LogP contribution in [0.3, 0.4) is 0 Å². The number of rotatable bonds is 7. The van der Waals surface area contributed by atoms with Gasteiger partial charge in [0.05, 0.1) is 18.4 Å². The van der Waals surface area contributed by atoms with E-state index in [0.717, 1.165) is 5.69 Å². The van der Waals surface area contributed by atoms with Crippen LogP contribution in [0, 0.1) is 0 Å². The van der Waals surface area contributed by atoms with Crippen molar-refractivity contribution in [3.63, 3.8) is 0 Å². The van der Waals surface area contributed by atoms with Crippen LogP contribution >= 0.6 is 0 Å². The van der Waals surface area contributed by atoms with Crippen molar-refractivity contribution < 1.29 is 9.47 Å². The van der Waals surface area contributed by atoms with Gasteiger partial charge in [-0.1, -0.05) is 0 Å². The molecule has 0 saturated heterocycles. The van der Waals surface area contributed by atoms with Crippen LogP contribution < -0.4 is 10.1 Å². The summed E-state index contributed by atoms with van der Waals surface area (Å²) in [6.07, 6.45) is 0.223. The van der Waals surface area contributed by atoms with Crippen LogP contribution in [0.2, 0.25) is 0 Å². The van der Waals surface area contributed by atoms with E-state index in [1.807, 2.05) is 26.0 Å². The highest BCUT2D eigenvalue weighted by molar-refractivity contribution is 5.11. The minimum atomic E-state index is 0.0744. The van der Waals surface area contributed by atoms with E-state index >= 15 is 0 Å². The molecule has 5 heteroatoms. The predicted octanol–water partition coefficient (Wildman–Crippen LogP) is 2.17. The zero-order valence-corrected chi connectivity index (χ0v) is 12.6. The number of nitrogens with zero attached hydrogens (tertiary/aromatic N) is 2. The molecule has 19 heavy (non-hydrogen) atoms. The highest BCUT2D eigenvalue weighted by Crippen LogP contribution is 2.06. The van der Waals surface area contributed by atoms with Crippen LogP contribution in [0.4, 0.5) is 0 Å². The van der Waals surface area contributed by atoms with Crippen molar-refractivity contribution >= 4 is 0 Å². The Morgan fingerprint density at radius 3 is 2.42 bits per heavy atom. The number of hydrogen-bond acceptors (Lipinski definition) is 5. The Bertz CT molecular complexity index is 358. The van der Waals surface area contributed by atoms with Crippen molar-refractivity contribution in [3.8, 4) is 5.88 Å². The molecule has 0 unspecified atom stereocenters. The van der Waals surface area contributed by atoms with E-state index in [-0.39, 0.29) is 11.6 Å². The van der Waals surface area contributed by atoms with Crippen molar-refractivity contribution in [1.82, 2.24) is 15.5 Å². The Kier molecular flexibility index (Phi) is 6.18. The van der Waals surface area contributed by atoms with Gasteiger partial charge in [0.1, 0.15) is 6.61 Å².